The molecule has 1 aliphatic rings. The molecule has 2 aromatic carbocycles. The van der Waals surface area contributed by atoms with Gasteiger partial charge in [0.05, 0.1) is 5.69 Å². The zero-order chi connectivity index (χ0) is 21.4. The first-order chi connectivity index (χ1) is 14.3. The summed E-state index contributed by atoms with van der Waals surface area (Å²) in [5, 5.41) is 3.37. The van der Waals surface area contributed by atoms with E-state index in [4.69, 9.17) is 9.15 Å². The van der Waals surface area contributed by atoms with Crippen molar-refractivity contribution in [3.05, 3.63) is 64.5 Å². The Morgan fingerprint density at radius 1 is 1.13 bits per heavy atom. The normalized spacial score (nSPS) is 15.8. The molecule has 0 aliphatic carbocycles. The maximum absolute atomic E-state index is 12.7. The van der Waals surface area contributed by atoms with Crippen molar-refractivity contribution in [1.29, 1.82) is 0 Å². The number of amides is 2. The van der Waals surface area contributed by atoms with Gasteiger partial charge < -0.3 is 19.4 Å². The molecule has 4 rings (SSSR count). The number of para-hydroxylation sites is 1. The highest BCUT2D eigenvalue weighted by atomic mass is 16.5. The maximum atomic E-state index is 12.7. The number of fused-ring (bicyclic) bond motifs is 2. The molecule has 1 aromatic heterocycles. The van der Waals surface area contributed by atoms with Crippen LogP contribution < -0.4 is 20.6 Å². The van der Waals surface area contributed by atoms with Crippen LogP contribution in [0.2, 0.25) is 0 Å². The van der Waals surface area contributed by atoms with E-state index in [1.54, 1.807) is 54.3 Å². The van der Waals surface area contributed by atoms with Crippen LogP contribution in [0.15, 0.2) is 57.7 Å². The molecule has 0 saturated carbocycles. The molecule has 7 nitrogen and oxygen atoms in total. The van der Waals surface area contributed by atoms with E-state index in [2.05, 4.69) is 5.32 Å². The van der Waals surface area contributed by atoms with Crippen LogP contribution in [0.5, 0.6) is 5.75 Å². The van der Waals surface area contributed by atoms with Crippen molar-refractivity contribution in [1.82, 2.24) is 0 Å². The lowest BCUT2D eigenvalue weighted by Crippen LogP contribution is -2.46. The van der Waals surface area contributed by atoms with E-state index in [1.165, 1.54) is 6.07 Å². The number of hydrogen-bond acceptors (Lipinski definition) is 5. The lowest BCUT2D eigenvalue weighted by Gasteiger charge is -2.34. The molecule has 30 heavy (non-hydrogen) atoms. The second kappa shape index (κ2) is 7.67. The lowest BCUT2D eigenvalue weighted by atomic mass is 10.1. The largest absolute Gasteiger partial charge is 0.479 e. The summed E-state index contributed by atoms with van der Waals surface area (Å²) in [6.07, 6.45) is -0.616. The monoisotopic (exact) mass is 406 g/mol. The molecule has 3 aromatic rings. The molecule has 1 N–H and O–H groups in total. The van der Waals surface area contributed by atoms with Gasteiger partial charge in [0.2, 0.25) is 0 Å². The van der Waals surface area contributed by atoms with Crippen molar-refractivity contribution in [3.63, 3.8) is 0 Å². The van der Waals surface area contributed by atoms with E-state index in [0.717, 1.165) is 0 Å². The number of nitrogens with zero attached hydrogens (tertiary/aromatic N) is 1. The predicted molar refractivity (Wildman–Crippen MR) is 114 cm³/mol. The SMILES string of the molecule is CC(C)CN1C(=O)C(C)Oc2cc(NC(=O)c3cc4ccccc4oc3=O)ccc21. The second-order valence-corrected chi connectivity index (χ2v) is 7.72. The van der Waals surface area contributed by atoms with Gasteiger partial charge in [-0.15, -0.1) is 0 Å². The summed E-state index contributed by atoms with van der Waals surface area (Å²) in [6.45, 7) is 6.35. The molecule has 2 amide bonds. The van der Waals surface area contributed by atoms with Crippen molar-refractivity contribution in [2.75, 3.05) is 16.8 Å². The number of nitrogens with one attached hydrogen (secondary N) is 1. The van der Waals surface area contributed by atoms with Crippen LogP contribution in [0.25, 0.3) is 11.0 Å². The zero-order valence-electron chi connectivity index (χ0n) is 17.0. The topological polar surface area (TPSA) is 88.8 Å². The summed E-state index contributed by atoms with van der Waals surface area (Å²) in [7, 11) is 0. The fourth-order valence-electron chi connectivity index (χ4n) is 3.46. The van der Waals surface area contributed by atoms with E-state index >= 15 is 0 Å². The molecule has 154 valence electrons. The summed E-state index contributed by atoms with van der Waals surface area (Å²) in [4.78, 5) is 39.1. The van der Waals surface area contributed by atoms with E-state index in [9.17, 15) is 14.4 Å². The minimum atomic E-state index is -0.706. The molecule has 0 fully saturated rings. The summed E-state index contributed by atoms with van der Waals surface area (Å²) < 4.78 is 11.0. The molecule has 1 aliphatic heterocycles. The van der Waals surface area contributed by atoms with Crippen LogP contribution in [0, 0.1) is 5.92 Å². The van der Waals surface area contributed by atoms with Gasteiger partial charge in [-0.25, -0.2) is 4.79 Å². The van der Waals surface area contributed by atoms with Crippen LogP contribution >= 0.6 is 0 Å². The van der Waals surface area contributed by atoms with E-state index in [-0.39, 0.29) is 11.5 Å². The van der Waals surface area contributed by atoms with Crippen molar-refractivity contribution in [2.45, 2.75) is 26.9 Å². The van der Waals surface area contributed by atoms with E-state index in [0.29, 0.717) is 40.6 Å². The quantitative estimate of drug-likeness (QED) is 0.666. The van der Waals surface area contributed by atoms with Crippen LogP contribution in [0.3, 0.4) is 0 Å². The number of hydrogen-bond donors (Lipinski definition) is 1. The number of anilines is 2. The van der Waals surface area contributed by atoms with Gasteiger partial charge in [0.15, 0.2) is 6.10 Å². The molecule has 7 heteroatoms. The fourth-order valence-corrected chi connectivity index (χ4v) is 3.46. The number of rotatable bonds is 4. The van der Waals surface area contributed by atoms with Gasteiger partial charge in [0.1, 0.15) is 16.9 Å². The van der Waals surface area contributed by atoms with Crippen molar-refractivity contribution < 1.29 is 18.7 Å². The second-order valence-electron chi connectivity index (χ2n) is 7.72. The minimum absolute atomic E-state index is 0.0858. The Bertz CT molecular complexity index is 1200. The molecule has 1 atom stereocenters. The lowest BCUT2D eigenvalue weighted by molar-refractivity contribution is -0.125. The van der Waals surface area contributed by atoms with Gasteiger partial charge in [0.25, 0.3) is 11.8 Å². The van der Waals surface area contributed by atoms with Crippen molar-refractivity contribution >= 4 is 34.2 Å². The Kier molecular flexibility index (Phi) is 5.03. The summed E-state index contributed by atoms with van der Waals surface area (Å²) >= 11 is 0. The Morgan fingerprint density at radius 2 is 1.90 bits per heavy atom. The third-order valence-corrected chi connectivity index (χ3v) is 4.86. The zero-order valence-corrected chi connectivity index (χ0v) is 17.0. The first-order valence-corrected chi connectivity index (χ1v) is 9.80. The molecule has 0 spiro atoms. The van der Waals surface area contributed by atoms with E-state index in [1.807, 2.05) is 13.8 Å². The third-order valence-electron chi connectivity index (χ3n) is 4.86. The third kappa shape index (κ3) is 3.66. The molecular formula is C23H22N2O5. The van der Waals surface area contributed by atoms with Crippen molar-refractivity contribution in [2.24, 2.45) is 5.92 Å². The number of benzene rings is 2. The van der Waals surface area contributed by atoms with Gasteiger partial charge in [0, 0.05) is 23.7 Å². The fraction of sp³-hybridized carbons (Fsp3) is 0.261. The van der Waals surface area contributed by atoms with Gasteiger partial charge in [-0.05, 0) is 37.1 Å². The highest BCUT2D eigenvalue weighted by Gasteiger charge is 2.32. The van der Waals surface area contributed by atoms with Gasteiger partial charge in [-0.3, -0.25) is 9.59 Å². The minimum Gasteiger partial charge on any atom is -0.479 e. The summed E-state index contributed by atoms with van der Waals surface area (Å²) in [5.41, 5.74) is 0.748. The van der Waals surface area contributed by atoms with Crippen LogP contribution in [-0.4, -0.2) is 24.5 Å². The van der Waals surface area contributed by atoms with Gasteiger partial charge in [-0.1, -0.05) is 32.0 Å². The predicted octanol–water partition coefficient (Wildman–Crippen LogP) is 3.82. The Hall–Kier alpha value is -3.61. The van der Waals surface area contributed by atoms with Gasteiger partial charge in [-0.2, -0.15) is 0 Å². The summed E-state index contributed by atoms with van der Waals surface area (Å²) in [5.74, 6) is 0.125. The molecule has 0 bridgehead atoms. The molecule has 0 radical (unpaired) electrons. The maximum Gasteiger partial charge on any atom is 0.349 e. The smallest absolute Gasteiger partial charge is 0.349 e. The Balaban J connectivity index is 1.63. The molecule has 1 unspecified atom stereocenters. The van der Waals surface area contributed by atoms with Crippen LogP contribution in [-0.2, 0) is 4.79 Å². The first kappa shape index (κ1) is 19.7. The Labute approximate surface area is 173 Å². The van der Waals surface area contributed by atoms with Gasteiger partial charge >= 0.3 is 5.63 Å². The number of ether oxygens (including phenoxy) is 1. The average Bonchev–Trinajstić information content (AvgIpc) is 2.70. The van der Waals surface area contributed by atoms with Crippen LogP contribution in [0.4, 0.5) is 11.4 Å². The standard InChI is InChI=1S/C23H22N2O5/c1-13(2)12-25-18-9-8-16(11-20(18)29-14(3)22(25)27)24-21(26)17-10-15-6-4-5-7-19(15)30-23(17)28/h4-11,13-14H,12H2,1-3H3,(H,24,26). The highest BCUT2D eigenvalue weighted by Crippen LogP contribution is 2.36. The van der Waals surface area contributed by atoms with Crippen LogP contribution in [0.1, 0.15) is 31.1 Å². The first-order valence-electron chi connectivity index (χ1n) is 9.80. The van der Waals surface area contributed by atoms with Crippen molar-refractivity contribution in [3.8, 4) is 5.75 Å². The molecule has 0 saturated heterocycles. The molecule has 2 heterocycles. The average molecular weight is 406 g/mol. The number of carbonyl (C=O) groups is 2. The Morgan fingerprint density at radius 3 is 2.67 bits per heavy atom. The summed E-state index contributed by atoms with van der Waals surface area (Å²) in [6, 6.07) is 13.6. The molecular weight excluding hydrogens is 384 g/mol. The highest BCUT2D eigenvalue weighted by molar-refractivity contribution is 6.06. The van der Waals surface area contributed by atoms with E-state index < -0.39 is 17.6 Å². The number of carbonyl (C=O) groups excluding carboxylic acids is 2.